The first-order chi connectivity index (χ1) is 10.6. The van der Waals surface area contributed by atoms with Gasteiger partial charge in [-0.05, 0) is 42.9 Å². The molecule has 1 aliphatic carbocycles. The van der Waals surface area contributed by atoms with Crippen LogP contribution >= 0.6 is 15.9 Å². The van der Waals surface area contributed by atoms with Crippen molar-refractivity contribution in [1.29, 1.82) is 0 Å². The van der Waals surface area contributed by atoms with E-state index < -0.39 is 5.97 Å². The second-order valence-electron chi connectivity index (χ2n) is 6.33. The molecule has 1 saturated heterocycles. The van der Waals surface area contributed by atoms with Crippen molar-refractivity contribution in [2.45, 2.75) is 50.7 Å². The first-order valence-electron chi connectivity index (χ1n) is 7.91. The minimum Gasteiger partial charge on any atom is -0.497 e. The minimum atomic E-state index is -0.681. The van der Waals surface area contributed by atoms with Gasteiger partial charge in [0.2, 0.25) is 0 Å². The van der Waals surface area contributed by atoms with Gasteiger partial charge in [0, 0.05) is 17.1 Å². The molecule has 1 N–H and O–H groups in total. The number of fused-ring (bicyclic) bond motifs is 1. The molecule has 0 aromatic heterocycles. The number of hydrogen-bond donors (Lipinski definition) is 1. The van der Waals surface area contributed by atoms with Crippen molar-refractivity contribution in [2.24, 2.45) is 5.92 Å². The molecule has 3 rings (SSSR count). The van der Waals surface area contributed by atoms with E-state index in [2.05, 4.69) is 20.8 Å². The summed E-state index contributed by atoms with van der Waals surface area (Å²) in [5.41, 5.74) is 1.12. The van der Waals surface area contributed by atoms with Gasteiger partial charge in [0.15, 0.2) is 0 Å². The van der Waals surface area contributed by atoms with Gasteiger partial charge in [0.25, 0.3) is 0 Å². The van der Waals surface area contributed by atoms with Crippen molar-refractivity contribution in [3.05, 3.63) is 28.2 Å². The number of hydrogen-bond acceptors (Lipinski definition) is 3. The number of rotatable bonds is 4. The summed E-state index contributed by atoms with van der Waals surface area (Å²) in [6.45, 7) is 0.683. The predicted octanol–water partition coefficient (Wildman–Crippen LogP) is 3.68. The van der Waals surface area contributed by atoms with Crippen LogP contribution in [0.5, 0.6) is 5.75 Å². The van der Waals surface area contributed by atoms with Crippen LogP contribution in [0, 0.1) is 5.92 Å². The molecule has 0 spiro atoms. The number of carbonyl (C=O) groups is 1. The summed E-state index contributed by atoms with van der Waals surface area (Å²) in [5.74, 6) is 0.674. The van der Waals surface area contributed by atoms with Crippen molar-refractivity contribution in [2.75, 3.05) is 7.11 Å². The van der Waals surface area contributed by atoms with Crippen LogP contribution in [0.25, 0.3) is 0 Å². The third kappa shape index (κ3) is 3.01. The van der Waals surface area contributed by atoms with E-state index in [1.165, 1.54) is 19.3 Å². The topological polar surface area (TPSA) is 49.8 Å². The Labute approximate surface area is 139 Å². The Hall–Kier alpha value is -1.07. The summed E-state index contributed by atoms with van der Waals surface area (Å²) in [6.07, 6.45) is 5.56. The molecule has 0 bridgehead atoms. The number of carboxylic acid groups (broad SMARTS) is 1. The predicted molar refractivity (Wildman–Crippen MR) is 88.0 cm³/mol. The Morgan fingerprint density at radius 2 is 2.18 bits per heavy atom. The van der Waals surface area contributed by atoms with Gasteiger partial charge < -0.3 is 9.84 Å². The third-order valence-corrected chi connectivity index (χ3v) is 5.86. The Kier molecular flexibility index (Phi) is 4.73. The molecule has 22 heavy (non-hydrogen) atoms. The highest BCUT2D eigenvalue weighted by molar-refractivity contribution is 9.10. The molecule has 2 aliphatic rings. The maximum Gasteiger partial charge on any atom is 0.320 e. The number of likely N-dealkylation sites (tertiary alicyclic amines) is 1. The molecule has 1 aliphatic heterocycles. The van der Waals surface area contributed by atoms with E-state index >= 15 is 0 Å². The van der Waals surface area contributed by atoms with E-state index in [1.807, 2.05) is 18.2 Å². The van der Waals surface area contributed by atoms with Crippen LogP contribution in [-0.2, 0) is 11.3 Å². The second-order valence-corrected chi connectivity index (χ2v) is 7.19. The summed E-state index contributed by atoms with van der Waals surface area (Å²) < 4.78 is 6.21. The van der Waals surface area contributed by atoms with Crippen LogP contribution in [0.1, 0.15) is 37.7 Å². The average Bonchev–Trinajstić information content (AvgIpc) is 2.88. The number of ether oxygens (including phenoxy) is 1. The molecule has 4 nitrogen and oxygen atoms in total. The summed E-state index contributed by atoms with van der Waals surface area (Å²) in [5, 5.41) is 9.59. The maximum absolute atomic E-state index is 11.7. The van der Waals surface area contributed by atoms with E-state index in [0.29, 0.717) is 18.5 Å². The Morgan fingerprint density at radius 1 is 1.41 bits per heavy atom. The largest absolute Gasteiger partial charge is 0.497 e. The maximum atomic E-state index is 11.7. The van der Waals surface area contributed by atoms with Gasteiger partial charge in [-0.25, -0.2) is 0 Å². The zero-order valence-corrected chi connectivity index (χ0v) is 14.4. The van der Waals surface area contributed by atoms with Gasteiger partial charge in [-0.3, -0.25) is 9.69 Å². The summed E-state index contributed by atoms with van der Waals surface area (Å²) in [7, 11) is 1.65. The van der Waals surface area contributed by atoms with Crippen LogP contribution in [0.2, 0.25) is 0 Å². The molecule has 2 fully saturated rings. The molecule has 1 heterocycles. The summed E-state index contributed by atoms with van der Waals surface area (Å²) in [6, 6.07) is 5.98. The van der Waals surface area contributed by atoms with Crippen molar-refractivity contribution in [1.82, 2.24) is 4.90 Å². The van der Waals surface area contributed by atoms with Crippen LogP contribution in [0.3, 0.4) is 0 Å². The standard InChI is InChI=1S/C17H22BrNO3/c1-22-13-7-6-12(14(18)9-13)10-19-15-5-3-2-4-11(15)8-16(19)17(20)21/h6-7,9,11,15-16H,2-5,8,10H2,1H3,(H,20,21). The van der Waals surface area contributed by atoms with E-state index in [9.17, 15) is 9.90 Å². The molecule has 1 saturated carbocycles. The Bertz CT molecular complexity index is 563. The third-order valence-electron chi connectivity index (χ3n) is 5.12. The Balaban J connectivity index is 1.83. The van der Waals surface area contributed by atoms with Crippen LogP contribution in [0.15, 0.2) is 22.7 Å². The number of carboxylic acids is 1. The van der Waals surface area contributed by atoms with Crippen LogP contribution in [0.4, 0.5) is 0 Å². The lowest BCUT2D eigenvalue weighted by Crippen LogP contribution is -2.41. The zero-order chi connectivity index (χ0) is 15.7. The van der Waals surface area contributed by atoms with Crippen molar-refractivity contribution < 1.29 is 14.6 Å². The quantitative estimate of drug-likeness (QED) is 0.881. The van der Waals surface area contributed by atoms with E-state index in [0.717, 1.165) is 28.6 Å². The van der Waals surface area contributed by atoms with Gasteiger partial charge in [0.05, 0.1) is 7.11 Å². The minimum absolute atomic E-state index is 0.345. The fraction of sp³-hybridized carbons (Fsp3) is 0.588. The second kappa shape index (κ2) is 6.59. The highest BCUT2D eigenvalue weighted by Gasteiger charge is 2.45. The number of halogens is 1. The SMILES string of the molecule is COc1ccc(CN2C(C(=O)O)CC3CCCCC32)c(Br)c1. The number of methoxy groups -OCH3 is 1. The van der Waals surface area contributed by atoms with Crippen molar-refractivity contribution in [3.63, 3.8) is 0 Å². The lowest BCUT2D eigenvalue weighted by atomic mass is 9.84. The lowest BCUT2D eigenvalue weighted by molar-refractivity contribution is -0.142. The number of aliphatic carboxylic acids is 1. The zero-order valence-electron chi connectivity index (χ0n) is 12.8. The Morgan fingerprint density at radius 3 is 2.86 bits per heavy atom. The van der Waals surface area contributed by atoms with E-state index in [-0.39, 0.29) is 6.04 Å². The highest BCUT2D eigenvalue weighted by Crippen LogP contribution is 2.41. The molecular weight excluding hydrogens is 346 g/mol. The van der Waals surface area contributed by atoms with E-state index in [4.69, 9.17) is 4.74 Å². The van der Waals surface area contributed by atoms with Gasteiger partial charge >= 0.3 is 5.97 Å². The fourth-order valence-electron chi connectivity index (χ4n) is 4.00. The molecule has 1 aromatic rings. The lowest BCUT2D eigenvalue weighted by Gasteiger charge is -2.33. The van der Waals surface area contributed by atoms with Gasteiger partial charge in [-0.15, -0.1) is 0 Å². The van der Waals surface area contributed by atoms with Gasteiger partial charge in [0.1, 0.15) is 11.8 Å². The van der Waals surface area contributed by atoms with Crippen LogP contribution in [-0.4, -0.2) is 35.2 Å². The first kappa shape index (κ1) is 15.8. The number of nitrogens with zero attached hydrogens (tertiary/aromatic N) is 1. The highest BCUT2D eigenvalue weighted by atomic mass is 79.9. The normalized spacial score (nSPS) is 28.4. The molecule has 3 unspecified atom stereocenters. The first-order valence-corrected chi connectivity index (χ1v) is 8.70. The molecule has 5 heteroatoms. The van der Waals surface area contributed by atoms with Gasteiger partial charge in [-0.1, -0.05) is 34.8 Å². The summed E-state index contributed by atoms with van der Waals surface area (Å²) in [4.78, 5) is 13.9. The average molecular weight is 368 g/mol. The van der Waals surface area contributed by atoms with E-state index in [1.54, 1.807) is 7.11 Å². The van der Waals surface area contributed by atoms with Gasteiger partial charge in [-0.2, -0.15) is 0 Å². The molecule has 3 atom stereocenters. The molecule has 120 valence electrons. The monoisotopic (exact) mass is 367 g/mol. The molecule has 1 aromatic carbocycles. The summed E-state index contributed by atoms with van der Waals surface area (Å²) >= 11 is 3.59. The van der Waals surface area contributed by atoms with Crippen molar-refractivity contribution >= 4 is 21.9 Å². The number of benzene rings is 1. The fourth-order valence-corrected chi connectivity index (χ4v) is 4.49. The molecule has 0 radical (unpaired) electrons. The van der Waals surface area contributed by atoms with Crippen LogP contribution < -0.4 is 4.74 Å². The molecular formula is C17H22BrNO3. The molecule has 0 amide bonds. The van der Waals surface area contributed by atoms with Crippen molar-refractivity contribution in [3.8, 4) is 5.75 Å². The smallest absolute Gasteiger partial charge is 0.320 e.